The number of morpholine rings is 1. The molecule has 0 bridgehead atoms. The summed E-state index contributed by atoms with van der Waals surface area (Å²) in [4.78, 5) is 16.4. The third-order valence-corrected chi connectivity index (χ3v) is 4.96. The molecule has 23 heavy (non-hydrogen) atoms. The number of aromatic nitrogens is 2. The molecule has 0 saturated carbocycles. The summed E-state index contributed by atoms with van der Waals surface area (Å²) in [5, 5.41) is 11.2. The summed E-state index contributed by atoms with van der Waals surface area (Å²) in [6.45, 7) is 6.43. The molecule has 0 radical (unpaired) electrons. The van der Waals surface area contributed by atoms with Crippen LogP contribution in [0.2, 0.25) is 0 Å². The van der Waals surface area contributed by atoms with Crippen molar-refractivity contribution in [3.63, 3.8) is 0 Å². The van der Waals surface area contributed by atoms with E-state index in [1.807, 2.05) is 19.1 Å². The summed E-state index contributed by atoms with van der Waals surface area (Å²) >= 11 is 0. The van der Waals surface area contributed by atoms with Crippen molar-refractivity contribution in [1.82, 2.24) is 20.4 Å². The number of anilines is 1. The molecule has 2 aliphatic rings. The number of hydrogen-bond acceptors (Lipinski definition) is 6. The van der Waals surface area contributed by atoms with Gasteiger partial charge in [0, 0.05) is 32.2 Å². The number of nitrogens with one attached hydrogen (secondary N) is 1. The van der Waals surface area contributed by atoms with E-state index in [1.54, 1.807) is 7.05 Å². The van der Waals surface area contributed by atoms with E-state index in [1.165, 1.54) is 0 Å². The van der Waals surface area contributed by atoms with Crippen molar-refractivity contribution < 1.29 is 9.53 Å². The minimum Gasteiger partial charge on any atom is -0.378 e. The van der Waals surface area contributed by atoms with E-state index < -0.39 is 0 Å². The Morgan fingerprint density at radius 2 is 2.09 bits per heavy atom. The van der Waals surface area contributed by atoms with E-state index in [4.69, 9.17) is 4.74 Å². The average Bonchev–Trinajstić information content (AvgIpc) is 2.58. The standard InChI is InChI=1S/C16H25N5O2/c1-13-3-4-14(19-18-13)20-7-5-16(6-8-20)12-23-10-9-21(16)11-15(22)17-2/h3-4H,5-12H2,1-2H3,(H,17,22). The molecule has 126 valence electrons. The Kier molecular flexibility index (Phi) is 4.77. The predicted octanol–water partition coefficient (Wildman–Crippen LogP) is 0.202. The van der Waals surface area contributed by atoms with Crippen molar-refractivity contribution in [2.24, 2.45) is 0 Å². The maximum Gasteiger partial charge on any atom is 0.233 e. The van der Waals surface area contributed by atoms with Crippen LogP contribution in [0.15, 0.2) is 12.1 Å². The zero-order chi connectivity index (χ0) is 16.3. The summed E-state index contributed by atoms with van der Waals surface area (Å²) in [6, 6.07) is 4.02. The Labute approximate surface area is 137 Å². The lowest BCUT2D eigenvalue weighted by Crippen LogP contribution is -2.63. The summed E-state index contributed by atoms with van der Waals surface area (Å²) in [5.74, 6) is 0.998. The van der Waals surface area contributed by atoms with E-state index in [9.17, 15) is 4.79 Å². The summed E-state index contributed by atoms with van der Waals surface area (Å²) in [5.41, 5.74) is 0.902. The lowest BCUT2D eigenvalue weighted by atomic mass is 9.85. The van der Waals surface area contributed by atoms with Crippen LogP contribution in [0.5, 0.6) is 0 Å². The van der Waals surface area contributed by atoms with E-state index >= 15 is 0 Å². The van der Waals surface area contributed by atoms with Crippen LogP contribution in [0.3, 0.4) is 0 Å². The molecule has 7 heteroatoms. The molecule has 7 nitrogen and oxygen atoms in total. The SMILES string of the molecule is CNC(=O)CN1CCOCC12CCN(c1ccc(C)nn1)CC2. The highest BCUT2D eigenvalue weighted by molar-refractivity contribution is 5.77. The van der Waals surface area contributed by atoms with E-state index in [0.29, 0.717) is 19.8 Å². The monoisotopic (exact) mass is 319 g/mol. The zero-order valence-electron chi connectivity index (χ0n) is 13.9. The molecule has 1 N–H and O–H groups in total. The predicted molar refractivity (Wildman–Crippen MR) is 87.4 cm³/mol. The van der Waals surface area contributed by atoms with Crippen LogP contribution in [0.25, 0.3) is 0 Å². The number of carbonyl (C=O) groups excluding carboxylic acids is 1. The summed E-state index contributed by atoms with van der Waals surface area (Å²) in [6.07, 6.45) is 1.94. The van der Waals surface area contributed by atoms with Crippen molar-refractivity contribution in [1.29, 1.82) is 0 Å². The first-order valence-corrected chi connectivity index (χ1v) is 8.22. The minimum absolute atomic E-state index is 0.0284. The molecular weight excluding hydrogens is 294 g/mol. The van der Waals surface area contributed by atoms with Gasteiger partial charge in [0.15, 0.2) is 5.82 Å². The van der Waals surface area contributed by atoms with Gasteiger partial charge in [0.25, 0.3) is 0 Å². The van der Waals surface area contributed by atoms with Crippen molar-refractivity contribution in [3.8, 4) is 0 Å². The highest BCUT2D eigenvalue weighted by Crippen LogP contribution is 2.32. The molecule has 2 aliphatic heterocycles. The fourth-order valence-corrected chi connectivity index (χ4v) is 3.44. The van der Waals surface area contributed by atoms with Gasteiger partial charge in [-0.3, -0.25) is 9.69 Å². The second-order valence-electron chi connectivity index (χ2n) is 6.39. The van der Waals surface area contributed by atoms with Gasteiger partial charge in [0.05, 0.1) is 25.5 Å². The van der Waals surface area contributed by atoms with Crippen LogP contribution in [0, 0.1) is 6.92 Å². The van der Waals surface area contributed by atoms with Crippen LogP contribution in [-0.2, 0) is 9.53 Å². The Morgan fingerprint density at radius 3 is 2.74 bits per heavy atom. The molecule has 0 atom stereocenters. The molecule has 3 rings (SSSR count). The number of rotatable bonds is 3. The lowest BCUT2D eigenvalue weighted by Gasteiger charge is -2.51. The summed E-state index contributed by atoms with van der Waals surface area (Å²) in [7, 11) is 1.69. The van der Waals surface area contributed by atoms with Crippen LogP contribution in [0.1, 0.15) is 18.5 Å². The van der Waals surface area contributed by atoms with Gasteiger partial charge in [-0.2, -0.15) is 5.10 Å². The highest BCUT2D eigenvalue weighted by Gasteiger charge is 2.43. The fraction of sp³-hybridized carbons (Fsp3) is 0.688. The van der Waals surface area contributed by atoms with Crippen molar-refractivity contribution in [2.75, 3.05) is 51.3 Å². The number of amides is 1. The first-order valence-electron chi connectivity index (χ1n) is 8.22. The molecule has 2 saturated heterocycles. The van der Waals surface area contributed by atoms with Crippen LogP contribution < -0.4 is 10.2 Å². The number of nitrogens with zero attached hydrogens (tertiary/aromatic N) is 4. The minimum atomic E-state index is -0.0284. The molecule has 0 aromatic carbocycles. The molecule has 2 fully saturated rings. The highest BCUT2D eigenvalue weighted by atomic mass is 16.5. The van der Waals surface area contributed by atoms with Gasteiger partial charge in [0.1, 0.15) is 0 Å². The molecule has 3 heterocycles. The van der Waals surface area contributed by atoms with Crippen molar-refractivity contribution in [3.05, 3.63) is 17.8 Å². The van der Waals surface area contributed by atoms with E-state index in [2.05, 4.69) is 25.3 Å². The Balaban J connectivity index is 1.67. The number of hydrogen-bond donors (Lipinski definition) is 1. The number of aryl methyl sites for hydroxylation is 1. The van der Waals surface area contributed by atoms with Crippen LogP contribution >= 0.6 is 0 Å². The van der Waals surface area contributed by atoms with Gasteiger partial charge in [-0.1, -0.05) is 0 Å². The van der Waals surface area contributed by atoms with Gasteiger partial charge < -0.3 is 15.0 Å². The fourth-order valence-electron chi connectivity index (χ4n) is 3.44. The molecule has 1 amide bonds. The van der Waals surface area contributed by atoms with Crippen molar-refractivity contribution in [2.45, 2.75) is 25.3 Å². The topological polar surface area (TPSA) is 70.6 Å². The Morgan fingerprint density at radius 1 is 1.30 bits per heavy atom. The van der Waals surface area contributed by atoms with Gasteiger partial charge in [-0.05, 0) is 31.9 Å². The molecule has 1 aromatic heterocycles. The van der Waals surface area contributed by atoms with E-state index in [-0.39, 0.29) is 11.4 Å². The number of piperidine rings is 1. The smallest absolute Gasteiger partial charge is 0.233 e. The molecule has 0 unspecified atom stereocenters. The maximum atomic E-state index is 11.8. The van der Waals surface area contributed by atoms with Crippen LogP contribution in [0.4, 0.5) is 5.82 Å². The largest absolute Gasteiger partial charge is 0.378 e. The Bertz CT molecular complexity index is 540. The molecule has 1 aromatic rings. The normalized spacial score (nSPS) is 21.4. The van der Waals surface area contributed by atoms with Crippen molar-refractivity contribution >= 4 is 11.7 Å². The first-order chi connectivity index (χ1) is 11.1. The molecular formula is C16H25N5O2. The lowest BCUT2D eigenvalue weighted by molar-refractivity contribution is -0.129. The summed E-state index contributed by atoms with van der Waals surface area (Å²) < 4.78 is 5.75. The van der Waals surface area contributed by atoms with E-state index in [0.717, 1.165) is 44.0 Å². The van der Waals surface area contributed by atoms with Gasteiger partial charge in [-0.15, -0.1) is 5.10 Å². The quantitative estimate of drug-likeness (QED) is 0.858. The molecule has 0 aliphatic carbocycles. The third-order valence-electron chi connectivity index (χ3n) is 4.96. The van der Waals surface area contributed by atoms with Crippen LogP contribution in [-0.4, -0.2) is 73.0 Å². The number of likely N-dealkylation sites (N-methyl/N-ethyl adjacent to an activating group) is 1. The van der Waals surface area contributed by atoms with Gasteiger partial charge in [0.2, 0.25) is 5.91 Å². The number of ether oxygens (including phenoxy) is 1. The number of carbonyl (C=O) groups is 1. The second-order valence-corrected chi connectivity index (χ2v) is 6.39. The Hall–Kier alpha value is -1.73. The third kappa shape index (κ3) is 3.45. The maximum absolute atomic E-state index is 11.8. The second kappa shape index (κ2) is 6.80. The zero-order valence-corrected chi connectivity index (χ0v) is 13.9. The average molecular weight is 319 g/mol. The first kappa shape index (κ1) is 16.1. The van der Waals surface area contributed by atoms with Gasteiger partial charge >= 0.3 is 0 Å². The molecule has 1 spiro atoms. The van der Waals surface area contributed by atoms with Gasteiger partial charge in [-0.25, -0.2) is 0 Å².